The topological polar surface area (TPSA) is 82.2 Å². The number of nitrogens with zero attached hydrogens (tertiary/aromatic N) is 2. The van der Waals surface area contributed by atoms with Gasteiger partial charge in [-0.3, -0.25) is 4.79 Å². The average Bonchev–Trinajstić information content (AvgIpc) is 2.42. The Hall–Kier alpha value is -1.12. The van der Waals surface area contributed by atoms with Crippen molar-refractivity contribution in [2.45, 2.75) is 50.1 Å². The Morgan fingerprint density at radius 1 is 1.32 bits per heavy atom. The highest BCUT2D eigenvalue weighted by atomic mass is 16.1. The quantitative estimate of drug-likeness (QED) is 0.765. The molecule has 0 aromatic rings. The first-order valence-corrected chi connectivity index (χ1v) is 7.21. The first-order chi connectivity index (χ1) is 9.02. The largest absolute Gasteiger partial charge is 0.353 e. The van der Waals surface area contributed by atoms with Crippen LogP contribution in [0.1, 0.15) is 38.5 Å². The lowest BCUT2D eigenvalue weighted by Crippen LogP contribution is -2.48. The SMILES string of the molecule is CN1CCC(NC(=O)C2CCC(N)(C#N)CC2)CC1. The van der Waals surface area contributed by atoms with E-state index in [1.54, 1.807) is 0 Å². The second-order valence-electron chi connectivity index (χ2n) is 6.13. The molecule has 0 atom stereocenters. The van der Waals surface area contributed by atoms with Crippen molar-refractivity contribution in [3.05, 3.63) is 0 Å². The number of carbonyl (C=O) groups excluding carboxylic acids is 1. The number of rotatable bonds is 2. The molecule has 2 fully saturated rings. The molecule has 1 saturated heterocycles. The Bertz CT molecular complexity index is 360. The molecule has 0 aromatic heterocycles. The van der Waals surface area contributed by atoms with E-state index < -0.39 is 5.54 Å². The van der Waals surface area contributed by atoms with Crippen molar-refractivity contribution >= 4 is 5.91 Å². The van der Waals surface area contributed by atoms with Crippen LogP contribution in [0.25, 0.3) is 0 Å². The van der Waals surface area contributed by atoms with Crippen LogP contribution >= 0.6 is 0 Å². The molecule has 106 valence electrons. The third kappa shape index (κ3) is 3.68. The number of carbonyl (C=O) groups is 1. The van der Waals surface area contributed by atoms with Crippen molar-refractivity contribution in [1.29, 1.82) is 5.26 Å². The highest BCUT2D eigenvalue weighted by Crippen LogP contribution is 2.30. The average molecular weight is 264 g/mol. The maximum atomic E-state index is 12.2. The molecule has 1 aliphatic carbocycles. The van der Waals surface area contributed by atoms with Crippen molar-refractivity contribution in [2.75, 3.05) is 20.1 Å². The second kappa shape index (κ2) is 5.89. The lowest BCUT2D eigenvalue weighted by atomic mass is 9.77. The molecule has 0 bridgehead atoms. The zero-order valence-electron chi connectivity index (χ0n) is 11.7. The molecule has 1 amide bonds. The van der Waals surface area contributed by atoms with Crippen LogP contribution in [0.4, 0.5) is 0 Å². The van der Waals surface area contributed by atoms with Gasteiger partial charge in [-0.05, 0) is 58.7 Å². The van der Waals surface area contributed by atoms with Crippen LogP contribution in [0.5, 0.6) is 0 Å². The third-order valence-corrected chi connectivity index (χ3v) is 4.54. The van der Waals surface area contributed by atoms with Crippen LogP contribution in [0.2, 0.25) is 0 Å². The van der Waals surface area contributed by atoms with Gasteiger partial charge >= 0.3 is 0 Å². The number of nitrogens with two attached hydrogens (primary N) is 1. The van der Waals surface area contributed by atoms with Crippen LogP contribution in [-0.4, -0.2) is 42.5 Å². The van der Waals surface area contributed by atoms with Crippen LogP contribution in [0.3, 0.4) is 0 Å². The van der Waals surface area contributed by atoms with E-state index in [4.69, 9.17) is 11.0 Å². The summed E-state index contributed by atoms with van der Waals surface area (Å²) < 4.78 is 0. The van der Waals surface area contributed by atoms with Gasteiger partial charge in [0.15, 0.2) is 0 Å². The van der Waals surface area contributed by atoms with Gasteiger partial charge in [0.05, 0.1) is 6.07 Å². The van der Waals surface area contributed by atoms with Crippen LogP contribution in [0.15, 0.2) is 0 Å². The molecule has 1 aliphatic heterocycles. The molecule has 1 heterocycles. The first-order valence-electron chi connectivity index (χ1n) is 7.21. The van der Waals surface area contributed by atoms with Gasteiger partial charge in [-0.1, -0.05) is 0 Å². The van der Waals surface area contributed by atoms with E-state index in [1.165, 1.54) is 0 Å². The van der Waals surface area contributed by atoms with E-state index in [9.17, 15) is 4.79 Å². The molecule has 0 unspecified atom stereocenters. The molecule has 5 heteroatoms. The number of nitrogens with one attached hydrogen (secondary N) is 1. The lowest BCUT2D eigenvalue weighted by molar-refractivity contribution is -0.127. The Morgan fingerprint density at radius 2 is 1.89 bits per heavy atom. The van der Waals surface area contributed by atoms with Gasteiger partial charge in [0, 0.05) is 12.0 Å². The first kappa shape index (κ1) is 14.3. The number of likely N-dealkylation sites (tertiary alicyclic amines) is 1. The van der Waals surface area contributed by atoms with Gasteiger partial charge in [-0.15, -0.1) is 0 Å². The normalized spacial score (nSPS) is 33.6. The number of hydrogen-bond donors (Lipinski definition) is 2. The maximum absolute atomic E-state index is 12.2. The maximum Gasteiger partial charge on any atom is 0.223 e. The minimum absolute atomic E-state index is 0.0460. The molecule has 0 radical (unpaired) electrons. The zero-order valence-corrected chi connectivity index (χ0v) is 11.7. The summed E-state index contributed by atoms with van der Waals surface area (Å²) in [5, 5.41) is 12.1. The van der Waals surface area contributed by atoms with Crippen molar-refractivity contribution in [3.8, 4) is 6.07 Å². The fraction of sp³-hybridized carbons (Fsp3) is 0.857. The highest BCUT2D eigenvalue weighted by molar-refractivity contribution is 5.79. The molecule has 0 spiro atoms. The predicted octanol–water partition coefficient (Wildman–Crippen LogP) is 0.608. The Labute approximate surface area is 115 Å². The van der Waals surface area contributed by atoms with Crippen LogP contribution < -0.4 is 11.1 Å². The van der Waals surface area contributed by atoms with Gasteiger partial charge in [0.2, 0.25) is 5.91 Å². The van der Waals surface area contributed by atoms with Gasteiger partial charge < -0.3 is 16.0 Å². The smallest absolute Gasteiger partial charge is 0.223 e. The summed E-state index contributed by atoms with van der Waals surface area (Å²) in [6, 6.07) is 2.49. The summed E-state index contributed by atoms with van der Waals surface area (Å²) in [6.07, 6.45) is 4.82. The van der Waals surface area contributed by atoms with Gasteiger partial charge in [-0.25, -0.2) is 0 Å². The molecule has 1 saturated carbocycles. The second-order valence-corrected chi connectivity index (χ2v) is 6.13. The predicted molar refractivity (Wildman–Crippen MR) is 73.2 cm³/mol. The Kier molecular flexibility index (Phi) is 4.43. The van der Waals surface area contributed by atoms with E-state index in [2.05, 4.69) is 23.3 Å². The lowest BCUT2D eigenvalue weighted by Gasteiger charge is -2.34. The zero-order chi connectivity index (χ0) is 13.9. The standard InChI is InChI=1S/C14H24N4O/c1-18-8-4-12(5-9-18)17-13(19)11-2-6-14(16,10-15)7-3-11/h11-12H,2-9,16H2,1H3,(H,17,19). The molecule has 3 N–H and O–H groups in total. The summed E-state index contributed by atoms with van der Waals surface area (Å²) in [5.41, 5.74) is 5.22. The third-order valence-electron chi connectivity index (χ3n) is 4.54. The number of nitriles is 1. The fourth-order valence-corrected chi connectivity index (χ4v) is 2.98. The highest BCUT2D eigenvalue weighted by Gasteiger charge is 2.35. The minimum atomic E-state index is -0.704. The van der Waals surface area contributed by atoms with E-state index in [0.29, 0.717) is 18.9 Å². The van der Waals surface area contributed by atoms with Gasteiger partial charge in [0.25, 0.3) is 0 Å². The van der Waals surface area contributed by atoms with Crippen molar-refractivity contribution in [3.63, 3.8) is 0 Å². The molecule has 0 aromatic carbocycles. The number of piperidine rings is 1. The summed E-state index contributed by atoms with van der Waals surface area (Å²) in [4.78, 5) is 14.5. The summed E-state index contributed by atoms with van der Waals surface area (Å²) in [7, 11) is 2.11. The Balaban J connectivity index is 1.77. The molecule has 2 rings (SSSR count). The summed E-state index contributed by atoms with van der Waals surface area (Å²) in [5.74, 6) is 0.208. The minimum Gasteiger partial charge on any atom is -0.353 e. The summed E-state index contributed by atoms with van der Waals surface area (Å²) >= 11 is 0. The number of amides is 1. The van der Waals surface area contributed by atoms with E-state index >= 15 is 0 Å². The van der Waals surface area contributed by atoms with Crippen LogP contribution in [0, 0.1) is 17.2 Å². The van der Waals surface area contributed by atoms with E-state index in [1.807, 2.05) is 0 Å². The van der Waals surface area contributed by atoms with E-state index in [0.717, 1.165) is 38.8 Å². The Morgan fingerprint density at radius 3 is 2.42 bits per heavy atom. The van der Waals surface area contributed by atoms with Gasteiger partial charge in [-0.2, -0.15) is 5.26 Å². The monoisotopic (exact) mass is 264 g/mol. The van der Waals surface area contributed by atoms with Crippen LogP contribution in [-0.2, 0) is 4.79 Å². The van der Waals surface area contributed by atoms with Crippen molar-refractivity contribution in [2.24, 2.45) is 11.7 Å². The molecule has 5 nitrogen and oxygen atoms in total. The molecular weight excluding hydrogens is 240 g/mol. The molecular formula is C14H24N4O. The van der Waals surface area contributed by atoms with Crippen molar-refractivity contribution in [1.82, 2.24) is 10.2 Å². The molecule has 19 heavy (non-hydrogen) atoms. The van der Waals surface area contributed by atoms with Crippen molar-refractivity contribution < 1.29 is 4.79 Å². The molecule has 2 aliphatic rings. The number of hydrogen-bond acceptors (Lipinski definition) is 4. The summed E-state index contributed by atoms with van der Waals surface area (Å²) in [6.45, 7) is 2.10. The fourth-order valence-electron chi connectivity index (χ4n) is 2.98. The van der Waals surface area contributed by atoms with E-state index in [-0.39, 0.29) is 11.8 Å². The van der Waals surface area contributed by atoms with Gasteiger partial charge in [0.1, 0.15) is 5.54 Å².